The highest BCUT2D eigenvalue weighted by Crippen LogP contribution is 2.31. The van der Waals surface area contributed by atoms with Gasteiger partial charge < -0.3 is 14.7 Å². The van der Waals surface area contributed by atoms with Gasteiger partial charge in [-0.1, -0.05) is 30.3 Å². The van der Waals surface area contributed by atoms with Crippen molar-refractivity contribution in [2.75, 3.05) is 31.6 Å². The second-order valence-corrected chi connectivity index (χ2v) is 6.07. The number of phenolic OH excluding ortho intramolecular Hbond substituents is 1. The molecule has 3 rings (SSSR count). The van der Waals surface area contributed by atoms with Gasteiger partial charge in [-0.25, -0.2) is 0 Å². The summed E-state index contributed by atoms with van der Waals surface area (Å²) in [4.78, 5) is 4.83. The molecule has 0 saturated carbocycles. The molecule has 0 radical (unpaired) electrons. The van der Waals surface area contributed by atoms with E-state index in [2.05, 4.69) is 47.1 Å². The van der Waals surface area contributed by atoms with Crippen LogP contribution in [-0.2, 0) is 6.54 Å². The fourth-order valence-corrected chi connectivity index (χ4v) is 3.18. The Labute approximate surface area is 137 Å². The first-order valence-electron chi connectivity index (χ1n) is 8.08. The summed E-state index contributed by atoms with van der Waals surface area (Å²) in [6.07, 6.45) is 0. The summed E-state index contributed by atoms with van der Waals surface area (Å²) in [5.74, 6) is 0.797. The molecule has 2 aromatic rings. The van der Waals surface area contributed by atoms with Gasteiger partial charge in [0.1, 0.15) is 0 Å². The van der Waals surface area contributed by atoms with Crippen molar-refractivity contribution in [3.05, 3.63) is 54.1 Å². The van der Waals surface area contributed by atoms with E-state index in [0.29, 0.717) is 11.8 Å². The van der Waals surface area contributed by atoms with Crippen molar-refractivity contribution in [2.24, 2.45) is 0 Å². The number of methoxy groups -OCH3 is 1. The highest BCUT2D eigenvalue weighted by Gasteiger charge is 2.24. The van der Waals surface area contributed by atoms with Crippen molar-refractivity contribution in [1.82, 2.24) is 4.90 Å². The Balaban J connectivity index is 1.67. The maximum atomic E-state index is 10.3. The number of rotatable bonds is 4. The zero-order valence-electron chi connectivity index (χ0n) is 13.8. The largest absolute Gasteiger partial charge is 0.504 e. The van der Waals surface area contributed by atoms with E-state index in [9.17, 15) is 5.11 Å². The molecule has 1 aliphatic heterocycles. The number of piperazine rings is 1. The molecule has 1 N–H and O–H groups in total. The lowest BCUT2D eigenvalue weighted by molar-refractivity contribution is 0.179. The third-order valence-electron chi connectivity index (χ3n) is 4.56. The average Bonchev–Trinajstić information content (AvgIpc) is 2.59. The second kappa shape index (κ2) is 6.92. The van der Waals surface area contributed by atoms with Crippen molar-refractivity contribution in [3.63, 3.8) is 0 Å². The summed E-state index contributed by atoms with van der Waals surface area (Å²) in [7, 11) is 1.58. The molecular formula is C19H24N2O2. The zero-order chi connectivity index (χ0) is 16.2. The zero-order valence-corrected chi connectivity index (χ0v) is 13.8. The van der Waals surface area contributed by atoms with Crippen LogP contribution >= 0.6 is 0 Å². The minimum Gasteiger partial charge on any atom is -0.504 e. The van der Waals surface area contributed by atoms with E-state index in [-0.39, 0.29) is 5.75 Å². The number of aromatic hydroxyl groups is 1. The van der Waals surface area contributed by atoms with E-state index < -0.39 is 0 Å². The van der Waals surface area contributed by atoms with Gasteiger partial charge in [-0.2, -0.15) is 0 Å². The predicted octanol–water partition coefficient (Wildman–Crippen LogP) is 3.11. The van der Waals surface area contributed by atoms with Crippen molar-refractivity contribution in [2.45, 2.75) is 19.5 Å². The Bertz CT molecular complexity index is 645. The lowest BCUT2D eigenvalue weighted by Gasteiger charge is -2.41. The van der Waals surface area contributed by atoms with Crippen molar-refractivity contribution >= 4 is 5.69 Å². The lowest BCUT2D eigenvalue weighted by atomic mass is 10.1. The number of para-hydroxylation sites is 2. The summed E-state index contributed by atoms with van der Waals surface area (Å²) in [6, 6.07) is 16.7. The van der Waals surface area contributed by atoms with Gasteiger partial charge in [0.15, 0.2) is 11.5 Å². The van der Waals surface area contributed by atoms with Gasteiger partial charge in [0.25, 0.3) is 0 Å². The molecule has 1 atom stereocenters. The third kappa shape index (κ3) is 3.42. The van der Waals surface area contributed by atoms with Gasteiger partial charge in [-0.15, -0.1) is 0 Å². The molecule has 23 heavy (non-hydrogen) atoms. The highest BCUT2D eigenvalue weighted by atomic mass is 16.5. The normalized spacial score (nSPS) is 18.9. The van der Waals surface area contributed by atoms with Gasteiger partial charge in [-0.05, 0) is 25.1 Å². The van der Waals surface area contributed by atoms with Crippen LogP contribution in [-0.4, -0.2) is 42.8 Å². The molecule has 1 saturated heterocycles. The van der Waals surface area contributed by atoms with Gasteiger partial charge in [0.2, 0.25) is 0 Å². The van der Waals surface area contributed by atoms with Crippen LogP contribution in [0.25, 0.3) is 0 Å². The van der Waals surface area contributed by atoms with E-state index >= 15 is 0 Å². The fourth-order valence-electron chi connectivity index (χ4n) is 3.18. The Kier molecular flexibility index (Phi) is 4.72. The molecule has 2 aromatic carbocycles. The van der Waals surface area contributed by atoms with Crippen LogP contribution in [0.3, 0.4) is 0 Å². The van der Waals surface area contributed by atoms with Crippen LogP contribution in [0.5, 0.6) is 11.5 Å². The number of hydrogen-bond donors (Lipinski definition) is 1. The van der Waals surface area contributed by atoms with Crippen LogP contribution in [0, 0.1) is 0 Å². The molecule has 122 valence electrons. The molecule has 0 spiro atoms. The first kappa shape index (κ1) is 15.7. The van der Waals surface area contributed by atoms with E-state index in [4.69, 9.17) is 4.74 Å². The standard InChI is InChI=1S/C19H24N2O2/c1-15-13-21(17-8-4-3-5-9-17)12-11-20(15)14-16-7-6-10-18(23-2)19(16)22/h3-10,15,22H,11-14H2,1-2H3/t15-/m1/s1. The molecule has 1 heterocycles. The van der Waals surface area contributed by atoms with E-state index in [1.807, 2.05) is 12.1 Å². The Hall–Kier alpha value is -2.20. The number of hydrogen-bond acceptors (Lipinski definition) is 4. The monoisotopic (exact) mass is 312 g/mol. The quantitative estimate of drug-likeness (QED) is 0.941. The number of ether oxygens (including phenoxy) is 1. The van der Waals surface area contributed by atoms with Crippen LogP contribution in [0.4, 0.5) is 5.69 Å². The van der Waals surface area contributed by atoms with E-state index in [0.717, 1.165) is 31.7 Å². The Morgan fingerprint density at radius 1 is 1.09 bits per heavy atom. The van der Waals surface area contributed by atoms with E-state index in [1.54, 1.807) is 13.2 Å². The average molecular weight is 312 g/mol. The Morgan fingerprint density at radius 2 is 1.87 bits per heavy atom. The molecule has 0 aliphatic carbocycles. The van der Waals surface area contributed by atoms with Crippen molar-refractivity contribution in [1.29, 1.82) is 0 Å². The van der Waals surface area contributed by atoms with Gasteiger partial charge in [0.05, 0.1) is 7.11 Å². The van der Waals surface area contributed by atoms with Gasteiger partial charge in [-0.3, -0.25) is 4.90 Å². The van der Waals surface area contributed by atoms with Gasteiger partial charge >= 0.3 is 0 Å². The number of nitrogens with zero attached hydrogens (tertiary/aromatic N) is 2. The lowest BCUT2D eigenvalue weighted by Crippen LogP contribution is -2.51. The summed E-state index contributed by atoms with van der Waals surface area (Å²) in [6.45, 7) is 5.96. The number of benzene rings is 2. The molecule has 4 heteroatoms. The first-order valence-corrected chi connectivity index (χ1v) is 8.08. The molecule has 0 amide bonds. The SMILES string of the molecule is COc1cccc(CN2CCN(c3ccccc3)C[C@H]2C)c1O. The third-order valence-corrected chi connectivity index (χ3v) is 4.56. The maximum Gasteiger partial charge on any atom is 0.162 e. The Morgan fingerprint density at radius 3 is 2.57 bits per heavy atom. The molecule has 0 unspecified atom stereocenters. The van der Waals surface area contributed by atoms with Crippen LogP contribution in [0.1, 0.15) is 12.5 Å². The van der Waals surface area contributed by atoms with Crippen molar-refractivity contribution in [3.8, 4) is 11.5 Å². The minimum absolute atomic E-state index is 0.257. The second-order valence-electron chi connectivity index (χ2n) is 6.07. The molecule has 0 aromatic heterocycles. The molecular weight excluding hydrogens is 288 g/mol. The highest BCUT2D eigenvalue weighted by molar-refractivity contribution is 5.47. The number of phenols is 1. The summed E-state index contributed by atoms with van der Waals surface area (Å²) in [5, 5.41) is 10.3. The van der Waals surface area contributed by atoms with Crippen LogP contribution < -0.4 is 9.64 Å². The first-order chi connectivity index (χ1) is 11.2. The topological polar surface area (TPSA) is 35.9 Å². The minimum atomic E-state index is 0.257. The van der Waals surface area contributed by atoms with Crippen LogP contribution in [0.2, 0.25) is 0 Å². The smallest absolute Gasteiger partial charge is 0.162 e. The molecule has 1 fully saturated rings. The van der Waals surface area contributed by atoms with Crippen molar-refractivity contribution < 1.29 is 9.84 Å². The maximum absolute atomic E-state index is 10.3. The fraction of sp³-hybridized carbons (Fsp3) is 0.368. The summed E-state index contributed by atoms with van der Waals surface area (Å²) >= 11 is 0. The molecule has 4 nitrogen and oxygen atoms in total. The molecule has 1 aliphatic rings. The van der Waals surface area contributed by atoms with Gasteiger partial charge in [0, 0.05) is 43.5 Å². The predicted molar refractivity (Wildman–Crippen MR) is 93.2 cm³/mol. The van der Waals surface area contributed by atoms with Crippen LogP contribution in [0.15, 0.2) is 48.5 Å². The number of anilines is 1. The van der Waals surface area contributed by atoms with E-state index in [1.165, 1.54) is 5.69 Å². The summed E-state index contributed by atoms with van der Waals surface area (Å²) < 4.78 is 5.20. The molecule has 0 bridgehead atoms. The summed E-state index contributed by atoms with van der Waals surface area (Å²) in [5.41, 5.74) is 2.20.